The van der Waals surface area contributed by atoms with Gasteiger partial charge in [0.05, 0.1) is 5.75 Å². The summed E-state index contributed by atoms with van der Waals surface area (Å²) in [7, 11) is 0. The smallest absolute Gasteiger partial charge is 0.234 e. The van der Waals surface area contributed by atoms with E-state index in [4.69, 9.17) is 0 Å². The van der Waals surface area contributed by atoms with Crippen molar-refractivity contribution in [3.05, 3.63) is 89.0 Å². The minimum Gasteiger partial charge on any atom is -0.325 e. The molecule has 0 aliphatic rings. The highest BCUT2D eigenvalue weighted by molar-refractivity contribution is 7.99. The maximum absolute atomic E-state index is 12.7. The van der Waals surface area contributed by atoms with E-state index in [2.05, 4.69) is 65.8 Å². The molecule has 1 heterocycles. The molecule has 0 bridgehead atoms. The second-order valence-corrected chi connectivity index (χ2v) is 8.87. The summed E-state index contributed by atoms with van der Waals surface area (Å²) in [5.41, 5.74) is 7.37. The standard InChI is InChI=1S/C26H26N4OS/c1-17-11-13-22(14-12-17)30-25(21-9-5-7-18(2)15-21)28-29-26(30)32-16-24(31)27-23-10-6-8-19(3)20(23)4/h5-15H,16H2,1-4H3,(H,27,31). The van der Waals surface area contributed by atoms with E-state index in [9.17, 15) is 4.79 Å². The molecule has 162 valence electrons. The second-order valence-electron chi connectivity index (χ2n) is 7.93. The number of hydrogen-bond donors (Lipinski definition) is 1. The van der Waals surface area contributed by atoms with Gasteiger partial charge in [0.2, 0.25) is 5.91 Å². The van der Waals surface area contributed by atoms with Crippen LogP contribution in [0.15, 0.2) is 71.9 Å². The average molecular weight is 443 g/mol. The number of benzene rings is 3. The predicted octanol–water partition coefficient (Wildman–Crippen LogP) is 5.90. The molecule has 4 rings (SSSR count). The molecule has 0 aliphatic heterocycles. The topological polar surface area (TPSA) is 59.8 Å². The van der Waals surface area contributed by atoms with Crippen LogP contribution in [0.2, 0.25) is 0 Å². The molecule has 0 unspecified atom stereocenters. The molecular weight excluding hydrogens is 416 g/mol. The van der Waals surface area contributed by atoms with Gasteiger partial charge in [0.1, 0.15) is 0 Å². The van der Waals surface area contributed by atoms with Crippen molar-refractivity contribution in [1.82, 2.24) is 14.8 Å². The van der Waals surface area contributed by atoms with Crippen LogP contribution in [-0.4, -0.2) is 26.4 Å². The number of amides is 1. The highest BCUT2D eigenvalue weighted by atomic mass is 32.2. The third-order valence-corrected chi connectivity index (χ3v) is 6.34. The Morgan fingerprint density at radius 2 is 1.66 bits per heavy atom. The van der Waals surface area contributed by atoms with Gasteiger partial charge >= 0.3 is 0 Å². The number of aromatic nitrogens is 3. The maximum Gasteiger partial charge on any atom is 0.234 e. The van der Waals surface area contributed by atoms with Crippen molar-refractivity contribution in [3.8, 4) is 17.1 Å². The molecule has 0 atom stereocenters. The zero-order valence-electron chi connectivity index (χ0n) is 18.7. The number of carbonyl (C=O) groups excluding carboxylic acids is 1. The fraction of sp³-hybridized carbons (Fsp3) is 0.192. The summed E-state index contributed by atoms with van der Waals surface area (Å²) in [6, 6.07) is 22.4. The fourth-order valence-corrected chi connectivity index (χ4v) is 4.22. The third-order valence-electron chi connectivity index (χ3n) is 5.41. The van der Waals surface area contributed by atoms with E-state index in [1.807, 2.05) is 48.7 Å². The molecule has 0 aliphatic carbocycles. The molecule has 3 aromatic carbocycles. The maximum atomic E-state index is 12.7. The van der Waals surface area contributed by atoms with Crippen LogP contribution in [0.25, 0.3) is 17.1 Å². The summed E-state index contributed by atoms with van der Waals surface area (Å²) < 4.78 is 2.02. The molecular formula is C26H26N4OS. The van der Waals surface area contributed by atoms with E-state index in [1.54, 1.807) is 0 Å². The highest BCUT2D eigenvalue weighted by Gasteiger charge is 2.18. The van der Waals surface area contributed by atoms with Crippen molar-refractivity contribution in [2.75, 3.05) is 11.1 Å². The molecule has 0 radical (unpaired) electrons. The zero-order valence-corrected chi connectivity index (χ0v) is 19.5. The Labute approximate surface area is 192 Å². The van der Waals surface area contributed by atoms with Gasteiger partial charge in [-0.15, -0.1) is 10.2 Å². The second kappa shape index (κ2) is 9.40. The molecule has 1 N–H and O–H groups in total. The average Bonchev–Trinajstić information content (AvgIpc) is 3.20. The van der Waals surface area contributed by atoms with Gasteiger partial charge in [-0.05, 0) is 63.1 Å². The largest absolute Gasteiger partial charge is 0.325 e. The summed E-state index contributed by atoms with van der Waals surface area (Å²) in [5.74, 6) is 0.930. The fourth-order valence-electron chi connectivity index (χ4n) is 3.46. The molecule has 6 heteroatoms. The van der Waals surface area contributed by atoms with Gasteiger partial charge < -0.3 is 5.32 Å². The monoisotopic (exact) mass is 442 g/mol. The summed E-state index contributed by atoms with van der Waals surface area (Å²) in [4.78, 5) is 12.7. The van der Waals surface area contributed by atoms with Crippen LogP contribution < -0.4 is 5.32 Å². The molecule has 4 aromatic rings. The van der Waals surface area contributed by atoms with Crippen LogP contribution in [0.4, 0.5) is 5.69 Å². The van der Waals surface area contributed by atoms with E-state index in [0.29, 0.717) is 5.16 Å². The predicted molar refractivity (Wildman–Crippen MR) is 132 cm³/mol. The molecule has 5 nitrogen and oxygen atoms in total. The van der Waals surface area contributed by atoms with Crippen LogP contribution >= 0.6 is 11.8 Å². The van der Waals surface area contributed by atoms with Crippen molar-refractivity contribution in [2.45, 2.75) is 32.9 Å². The van der Waals surface area contributed by atoms with Crippen LogP contribution in [0.5, 0.6) is 0 Å². The van der Waals surface area contributed by atoms with Crippen molar-refractivity contribution >= 4 is 23.4 Å². The van der Waals surface area contributed by atoms with Gasteiger partial charge in [0.25, 0.3) is 0 Å². The minimum absolute atomic E-state index is 0.0701. The van der Waals surface area contributed by atoms with Gasteiger partial charge in [0.15, 0.2) is 11.0 Å². The minimum atomic E-state index is -0.0701. The van der Waals surface area contributed by atoms with Crippen molar-refractivity contribution < 1.29 is 4.79 Å². The molecule has 0 saturated carbocycles. The van der Waals surface area contributed by atoms with E-state index >= 15 is 0 Å². The third kappa shape index (κ3) is 4.75. The van der Waals surface area contributed by atoms with Gasteiger partial charge in [-0.2, -0.15) is 0 Å². The molecule has 32 heavy (non-hydrogen) atoms. The van der Waals surface area contributed by atoms with Crippen LogP contribution in [-0.2, 0) is 4.79 Å². The Balaban J connectivity index is 1.61. The Bertz CT molecular complexity index is 1260. The number of hydrogen-bond acceptors (Lipinski definition) is 4. The number of thioether (sulfide) groups is 1. The van der Waals surface area contributed by atoms with Crippen molar-refractivity contribution in [1.29, 1.82) is 0 Å². The Morgan fingerprint density at radius 3 is 2.41 bits per heavy atom. The SMILES string of the molecule is Cc1ccc(-n2c(SCC(=O)Nc3cccc(C)c3C)nnc2-c2cccc(C)c2)cc1. The van der Waals surface area contributed by atoms with E-state index < -0.39 is 0 Å². The normalized spacial score (nSPS) is 10.9. The van der Waals surface area contributed by atoms with Gasteiger partial charge in [-0.25, -0.2) is 0 Å². The summed E-state index contributed by atoms with van der Waals surface area (Å²) in [6.07, 6.45) is 0. The quantitative estimate of drug-likeness (QED) is 0.378. The van der Waals surface area contributed by atoms with E-state index in [0.717, 1.165) is 39.5 Å². The first kappa shape index (κ1) is 21.8. The molecule has 1 aromatic heterocycles. The molecule has 0 saturated heterocycles. The number of nitrogens with one attached hydrogen (secondary N) is 1. The lowest BCUT2D eigenvalue weighted by Gasteiger charge is -2.12. The van der Waals surface area contributed by atoms with Crippen molar-refractivity contribution in [2.24, 2.45) is 0 Å². The summed E-state index contributed by atoms with van der Waals surface area (Å²) in [6.45, 7) is 8.17. The van der Waals surface area contributed by atoms with E-state index in [-0.39, 0.29) is 11.7 Å². The number of anilines is 1. The van der Waals surface area contributed by atoms with Crippen LogP contribution in [0, 0.1) is 27.7 Å². The first-order valence-corrected chi connectivity index (χ1v) is 11.5. The van der Waals surface area contributed by atoms with E-state index in [1.165, 1.54) is 17.3 Å². The molecule has 0 spiro atoms. The zero-order chi connectivity index (χ0) is 22.7. The number of rotatable bonds is 6. The lowest BCUT2D eigenvalue weighted by Crippen LogP contribution is -2.15. The summed E-state index contributed by atoms with van der Waals surface area (Å²) >= 11 is 1.38. The lowest BCUT2D eigenvalue weighted by molar-refractivity contribution is -0.113. The molecule has 0 fully saturated rings. The van der Waals surface area contributed by atoms with Gasteiger partial charge in [0, 0.05) is 16.9 Å². The number of carbonyl (C=O) groups is 1. The van der Waals surface area contributed by atoms with Crippen LogP contribution in [0.1, 0.15) is 22.3 Å². The summed E-state index contributed by atoms with van der Waals surface area (Å²) in [5, 5.41) is 12.6. The number of nitrogens with zero attached hydrogens (tertiary/aromatic N) is 3. The number of aryl methyl sites for hydroxylation is 3. The van der Waals surface area contributed by atoms with Gasteiger partial charge in [-0.1, -0.05) is 65.4 Å². The van der Waals surface area contributed by atoms with Crippen molar-refractivity contribution in [3.63, 3.8) is 0 Å². The van der Waals surface area contributed by atoms with Crippen LogP contribution in [0.3, 0.4) is 0 Å². The highest BCUT2D eigenvalue weighted by Crippen LogP contribution is 2.29. The Kier molecular flexibility index (Phi) is 6.42. The first-order valence-electron chi connectivity index (χ1n) is 10.5. The Morgan fingerprint density at radius 1 is 0.906 bits per heavy atom. The van der Waals surface area contributed by atoms with Gasteiger partial charge in [-0.3, -0.25) is 9.36 Å². The Hall–Kier alpha value is -3.38. The lowest BCUT2D eigenvalue weighted by atomic mass is 10.1. The molecule has 1 amide bonds. The first-order chi connectivity index (χ1) is 15.4.